The highest BCUT2D eigenvalue weighted by Crippen LogP contribution is 2.22. The zero-order valence-corrected chi connectivity index (χ0v) is 15.1. The van der Waals surface area contributed by atoms with Gasteiger partial charge in [0.2, 0.25) is 0 Å². The molecule has 0 bridgehead atoms. The third-order valence-corrected chi connectivity index (χ3v) is 4.12. The number of nitrogens with zero attached hydrogens (tertiary/aromatic N) is 2. The number of hydrogen-bond acceptors (Lipinski definition) is 4. The summed E-state index contributed by atoms with van der Waals surface area (Å²) >= 11 is 0. The lowest BCUT2D eigenvalue weighted by Gasteiger charge is -2.11. The van der Waals surface area contributed by atoms with Crippen molar-refractivity contribution in [2.75, 3.05) is 0 Å². The van der Waals surface area contributed by atoms with Gasteiger partial charge in [-0.15, -0.1) is 0 Å². The summed E-state index contributed by atoms with van der Waals surface area (Å²) in [6.45, 7) is 4.00. The van der Waals surface area contributed by atoms with Gasteiger partial charge in [0.05, 0.1) is 0 Å². The van der Waals surface area contributed by atoms with Gasteiger partial charge in [0.15, 0.2) is 0 Å². The average molecular weight is 365 g/mol. The number of aromatic nitrogens is 2. The molecule has 1 heterocycles. The van der Waals surface area contributed by atoms with Crippen LogP contribution in [-0.4, -0.2) is 21.9 Å². The highest BCUT2D eigenvalue weighted by molar-refractivity contribution is 5.94. The minimum Gasteiger partial charge on any atom is -0.424 e. The Morgan fingerprint density at radius 2 is 1.67 bits per heavy atom. The molecule has 1 amide bonds. The van der Waals surface area contributed by atoms with Crippen molar-refractivity contribution < 1.29 is 13.9 Å². The van der Waals surface area contributed by atoms with Gasteiger partial charge in [0.1, 0.15) is 11.6 Å². The van der Waals surface area contributed by atoms with Gasteiger partial charge in [-0.05, 0) is 55.3 Å². The van der Waals surface area contributed by atoms with E-state index in [0.717, 1.165) is 17.5 Å². The molecule has 3 aromatic rings. The van der Waals surface area contributed by atoms with E-state index in [1.165, 1.54) is 24.3 Å². The molecule has 0 saturated carbocycles. The van der Waals surface area contributed by atoms with Crippen molar-refractivity contribution in [3.8, 4) is 22.9 Å². The van der Waals surface area contributed by atoms with Crippen LogP contribution in [-0.2, 0) is 0 Å². The number of amides is 1. The van der Waals surface area contributed by atoms with Gasteiger partial charge in [-0.2, -0.15) is 0 Å². The van der Waals surface area contributed by atoms with Crippen molar-refractivity contribution >= 4 is 5.91 Å². The Morgan fingerprint density at radius 1 is 1.04 bits per heavy atom. The largest absolute Gasteiger partial charge is 0.424 e. The molecule has 3 rings (SSSR count). The Kier molecular flexibility index (Phi) is 5.76. The second kappa shape index (κ2) is 8.40. The van der Waals surface area contributed by atoms with Crippen LogP contribution in [0.25, 0.3) is 11.1 Å². The molecule has 138 valence electrons. The lowest BCUT2D eigenvalue weighted by atomic mass is 10.1. The Labute approximate surface area is 157 Å². The predicted molar refractivity (Wildman–Crippen MR) is 101 cm³/mol. The Morgan fingerprint density at radius 3 is 2.26 bits per heavy atom. The van der Waals surface area contributed by atoms with E-state index in [-0.39, 0.29) is 23.8 Å². The van der Waals surface area contributed by atoms with Crippen LogP contribution < -0.4 is 10.1 Å². The number of carbonyl (C=O) groups excluding carboxylic acids is 1. The van der Waals surface area contributed by atoms with Crippen LogP contribution in [0.5, 0.6) is 11.8 Å². The molecule has 0 aliphatic heterocycles. The van der Waals surface area contributed by atoms with Gasteiger partial charge in [0.25, 0.3) is 5.91 Å². The number of ether oxygens (including phenoxy) is 1. The number of rotatable bonds is 6. The first kappa shape index (κ1) is 18.5. The van der Waals surface area contributed by atoms with Gasteiger partial charge in [-0.25, -0.2) is 14.4 Å². The summed E-state index contributed by atoms with van der Waals surface area (Å²) in [6, 6.07) is 13.2. The molecule has 0 unspecified atom stereocenters. The number of benzene rings is 2. The first-order valence-electron chi connectivity index (χ1n) is 8.72. The monoisotopic (exact) mass is 365 g/mol. The zero-order chi connectivity index (χ0) is 19.2. The fourth-order valence-electron chi connectivity index (χ4n) is 2.35. The standard InChI is InChI=1S/C21H20FN3O2/c1-3-14(2)25-20(26)16-6-4-15(5-7-16)17-12-23-21(24-13-17)27-19-10-8-18(22)9-11-19/h4-14H,3H2,1-2H3,(H,25,26)/t14-/m1/s1. The van der Waals surface area contributed by atoms with Crippen molar-refractivity contribution in [1.29, 1.82) is 0 Å². The first-order chi connectivity index (χ1) is 13.0. The zero-order valence-electron chi connectivity index (χ0n) is 15.1. The molecule has 0 aliphatic rings. The predicted octanol–water partition coefficient (Wildman–Crippen LogP) is 4.60. The second-order valence-electron chi connectivity index (χ2n) is 6.17. The lowest BCUT2D eigenvalue weighted by molar-refractivity contribution is 0.0939. The van der Waals surface area contributed by atoms with Gasteiger partial charge >= 0.3 is 6.01 Å². The molecular weight excluding hydrogens is 345 g/mol. The highest BCUT2D eigenvalue weighted by atomic mass is 19.1. The minimum atomic E-state index is -0.333. The summed E-state index contributed by atoms with van der Waals surface area (Å²) in [7, 11) is 0. The van der Waals surface area contributed by atoms with Crippen molar-refractivity contribution in [3.63, 3.8) is 0 Å². The third kappa shape index (κ3) is 4.88. The van der Waals surface area contributed by atoms with E-state index in [0.29, 0.717) is 11.3 Å². The minimum absolute atomic E-state index is 0.0878. The van der Waals surface area contributed by atoms with Crippen molar-refractivity contribution in [3.05, 3.63) is 72.3 Å². The molecule has 6 heteroatoms. The summed E-state index contributed by atoms with van der Waals surface area (Å²) in [5.41, 5.74) is 2.30. The topological polar surface area (TPSA) is 64.1 Å². The summed E-state index contributed by atoms with van der Waals surface area (Å²) in [5, 5.41) is 2.94. The first-order valence-corrected chi connectivity index (χ1v) is 8.72. The fraction of sp³-hybridized carbons (Fsp3) is 0.190. The van der Waals surface area contributed by atoms with Crippen LogP contribution >= 0.6 is 0 Å². The van der Waals surface area contributed by atoms with E-state index in [1.54, 1.807) is 24.5 Å². The van der Waals surface area contributed by atoms with Crippen LogP contribution in [0.15, 0.2) is 60.9 Å². The quantitative estimate of drug-likeness (QED) is 0.693. The maximum Gasteiger partial charge on any atom is 0.321 e. The normalized spacial score (nSPS) is 11.7. The van der Waals surface area contributed by atoms with Crippen molar-refractivity contribution in [1.82, 2.24) is 15.3 Å². The smallest absolute Gasteiger partial charge is 0.321 e. The summed E-state index contributed by atoms with van der Waals surface area (Å²) < 4.78 is 18.4. The molecule has 0 saturated heterocycles. The van der Waals surface area contributed by atoms with Crippen LogP contribution in [0, 0.1) is 5.82 Å². The van der Waals surface area contributed by atoms with E-state index in [9.17, 15) is 9.18 Å². The molecule has 2 aromatic carbocycles. The summed E-state index contributed by atoms with van der Waals surface area (Å²) in [5.74, 6) is 0.0379. The summed E-state index contributed by atoms with van der Waals surface area (Å²) in [6.07, 6.45) is 4.16. The average Bonchev–Trinajstić information content (AvgIpc) is 2.70. The second-order valence-corrected chi connectivity index (χ2v) is 6.17. The molecule has 0 spiro atoms. The Balaban J connectivity index is 1.68. The number of halogens is 1. The van der Waals surface area contributed by atoms with E-state index in [2.05, 4.69) is 15.3 Å². The van der Waals surface area contributed by atoms with E-state index in [4.69, 9.17) is 4.74 Å². The maximum atomic E-state index is 12.9. The van der Waals surface area contributed by atoms with Crippen molar-refractivity contribution in [2.24, 2.45) is 0 Å². The van der Waals surface area contributed by atoms with Crippen LogP contribution in [0.4, 0.5) is 4.39 Å². The molecule has 1 N–H and O–H groups in total. The Hall–Kier alpha value is -3.28. The Bertz CT molecular complexity index is 894. The van der Waals surface area contributed by atoms with Crippen molar-refractivity contribution in [2.45, 2.75) is 26.3 Å². The lowest BCUT2D eigenvalue weighted by Crippen LogP contribution is -2.31. The molecule has 0 aliphatic carbocycles. The molecule has 5 nitrogen and oxygen atoms in total. The van der Waals surface area contributed by atoms with Gasteiger partial charge in [-0.3, -0.25) is 4.79 Å². The van der Waals surface area contributed by atoms with E-state index < -0.39 is 0 Å². The highest BCUT2D eigenvalue weighted by Gasteiger charge is 2.09. The molecule has 1 atom stereocenters. The van der Waals surface area contributed by atoms with Gasteiger partial charge in [0, 0.05) is 29.6 Å². The molecule has 0 radical (unpaired) electrons. The SMILES string of the molecule is CC[C@@H](C)NC(=O)c1ccc(-c2cnc(Oc3ccc(F)cc3)nc2)cc1. The molecular formula is C21H20FN3O2. The molecule has 1 aromatic heterocycles. The number of hydrogen-bond donors (Lipinski definition) is 1. The fourth-order valence-corrected chi connectivity index (χ4v) is 2.35. The number of carbonyl (C=O) groups is 1. The van der Waals surface area contributed by atoms with Crippen LogP contribution in [0.3, 0.4) is 0 Å². The maximum absolute atomic E-state index is 12.9. The molecule has 0 fully saturated rings. The van der Waals surface area contributed by atoms with Crippen LogP contribution in [0.1, 0.15) is 30.6 Å². The number of nitrogens with one attached hydrogen (secondary N) is 1. The van der Waals surface area contributed by atoms with Gasteiger partial charge in [-0.1, -0.05) is 19.1 Å². The van der Waals surface area contributed by atoms with E-state index >= 15 is 0 Å². The third-order valence-electron chi connectivity index (χ3n) is 4.12. The summed E-state index contributed by atoms with van der Waals surface area (Å²) in [4.78, 5) is 20.5. The molecule has 27 heavy (non-hydrogen) atoms. The van der Waals surface area contributed by atoms with Gasteiger partial charge < -0.3 is 10.1 Å². The van der Waals surface area contributed by atoms with E-state index in [1.807, 2.05) is 26.0 Å². The van der Waals surface area contributed by atoms with Crippen LogP contribution in [0.2, 0.25) is 0 Å².